The van der Waals surface area contributed by atoms with Gasteiger partial charge in [0.2, 0.25) is 0 Å². The van der Waals surface area contributed by atoms with Crippen LogP contribution in [0.15, 0.2) is 24.4 Å². The third kappa shape index (κ3) is 3.02. The minimum Gasteiger partial charge on any atom is -0.496 e. The molecular formula is C16H23N3O. The Hall–Kier alpha value is -1.81. The van der Waals surface area contributed by atoms with Gasteiger partial charge in [0.1, 0.15) is 11.6 Å². The van der Waals surface area contributed by atoms with Crippen molar-refractivity contribution < 1.29 is 4.74 Å². The number of benzene rings is 1. The highest BCUT2D eigenvalue weighted by atomic mass is 16.5. The lowest BCUT2D eigenvalue weighted by atomic mass is 9.86. The molecule has 0 fully saturated rings. The van der Waals surface area contributed by atoms with E-state index in [4.69, 9.17) is 4.74 Å². The summed E-state index contributed by atoms with van der Waals surface area (Å²) in [4.78, 5) is 7.71. The van der Waals surface area contributed by atoms with E-state index in [0.29, 0.717) is 0 Å². The molecule has 0 spiro atoms. The third-order valence-electron chi connectivity index (χ3n) is 3.33. The second kappa shape index (κ2) is 5.67. The van der Waals surface area contributed by atoms with Crippen molar-refractivity contribution in [3.63, 3.8) is 0 Å². The number of H-pyrrole nitrogens is 1. The largest absolute Gasteiger partial charge is 0.496 e. The maximum absolute atomic E-state index is 5.47. The van der Waals surface area contributed by atoms with E-state index >= 15 is 0 Å². The SMILES string of the molecule is CNCc1ncc(-c2cc(C(C)(C)C)ccc2OC)[nH]1. The third-order valence-corrected chi connectivity index (χ3v) is 3.33. The fourth-order valence-corrected chi connectivity index (χ4v) is 2.14. The summed E-state index contributed by atoms with van der Waals surface area (Å²) in [5.74, 6) is 1.78. The lowest BCUT2D eigenvalue weighted by molar-refractivity contribution is 0.415. The second-order valence-corrected chi connectivity index (χ2v) is 5.94. The Balaban J connectivity index is 2.46. The van der Waals surface area contributed by atoms with E-state index < -0.39 is 0 Å². The Morgan fingerprint density at radius 3 is 2.65 bits per heavy atom. The highest BCUT2D eigenvalue weighted by Crippen LogP contribution is 2.33. The van der Waals surface area contributed by atoms with Gasteiger partial charge < -0.3 is 15.0 Å². The molecule has 0 aliphatic rings. The molecule has 2 rings (SSSR count). The summed E-state index contributed by atoms with van der Waals surface area (Å²) < 4.78 is 5.47. The lowest BCUT2D eigenvalue weighted by Crippen LogP contribution is -2.11. The summed E-state index contributed by atoms with van der Waals surface area (Å²) >= 11 is 0. The monoisotopic (exact) mass is 273 g/mol. The molecular weight excluding hydrogens is 250 g/mol. The van der Waals surface area contributed by atoms with E-state index in [-0.39, 0.29) is 5.41 Å². The number of imidazole rings is 1. The molecule has 1 aromatic heterocycles. The van der Waals surface area contributed by atoms with Gasteiger partial charge in [-0.25, -0.2) is 4.98 Å². The van der Waals surface area contributed by atoms with Gasteiger partial charge in [0.05, 0.1) is 25.5 Å². The number of aromatic nitrogens is 2. The van der Waals surface area contributed by atoms with Crippen LogP contribution in [0.5, 0.6) is 5.75 Å². The van der Waals surface area contributed by atoms with Crippen LogP contribution in [-0.4, -0.2) is 24.1 Å². The van der Waals surface area contributed by atoms with Crippen molar-refractivity contribution in [1.82, 2.24) is 15.3 Å². The van der Waals surface area contributed by atoms with Crippen LogP contribution < -0.4 is 10.1 Å². The highest BCUT2D eigenvalue weighted by Gasteiger charge is 2.17. The maximum atomic E-state index is 5.47. The van der Waals surface area contributed by atoms with Crippen molar-refractivity contribution in [3.8, 4) is 17.0 Å². The highest BCUT2D eigenvalue weighted by molar-refractivity contribution is 5.68. The van der Waals surface area contributed by atoms with Gasteiger partial charge in [-0.05, 0) is 30.2 Å². The number of methoxy groups -OCH3 is 1. The Kier molecular flexibility index (Phi) is 4.14. The van der Waals surface area contributed by atoms with E-state index in [2.05, 4.69) is 48.2 Å². The van der Waals surface area contributed by atoms with E-state index in [0.717, 1.165) is 29.4 Å². The Labute approximate surface area is 120 Å². The van der Waals surface area contributed by atoms with E-state index in [1.807, 2.05) is 19.3 Å². The molecule has 0 aliphatic carbocycles. The van der Waals surface area contributed by atoms with Gasteiger partial charge in [0.15, 0.2) is 0 Å². The molecule has 0 aliphatic heterocycles. The van der Waals surface area contributed by atoms with Crippen molar-refractivity contribution in [2.24, 2.45) is 0 Å². The predicted octanol–water partition coefficient (Wildman–Crippen LogP) is 3.10. The molecule has 108 valence electrons. The number of rotatable bonds is 4. The molecule has 1 aromatic carbocycles. The van der Waals surface area contributed by atoms with Gasteiger partial charge in [-0.3, -0.25) is 0 Å². The minimum atomic E-state index is 0.106. The Morgan fingerprint density at radius 1 is 1.30 bits per heavy atom. The molecule has 4 nitrogen and oxygen atoms in total. The standard InChI is InChI=1S/C16H23N3O/c1-16(2,3)11-6-7-14(20-5)12(8-11)13-9-18-15(19-13)10-17-4/h6-9,17H,10H2,1-5H3,(H,18,19). The first kappa shape index (κ1) is 14.6. The van der Waals surface area contributed by atoms with Gasteiger partial charge in [0, 0.05) is 5.56 Å². The summed E-state index contributed by atoms with van der Waals surface area (Å²) in [7, 11) is 3.60. The number of hydrogen-bond donors (Lipinski definition) is 2. The lowest BCUT2D eigenvalue weighted by Gasteiger charge is -2.20. The Morgan fingerprint density at radius 2 is 2.05 bits per heavy atom. The van der Waals surface area contributed by atoms with Crippen LogP contribution in [0.3, 0.4) is 0 Å². The molecule has 0 unspecified atom stereocenters. The molecule has 0 bridgehead atoms. The van der Waals surface area contributed by atoms with E-state index in [1.54, 1.807) is 7.11 Å². The quantitative estimate of drug-likeness (QED) is 0.900. The number of ether oxygens (including phenoxy) is 1. The van der Waals surface area contributed by atoms with Crippen LogP contribution in [0.25, 0.3) is 11.3 Å². The second-order valence-electron chi connectivity index (χ2n) is 5.94. The molecule has 4 heteroatoms. The number of nitrogens with one attached hydrogen (secondary N) is 2. The van der Waals surface area contributed by atoms with Crippen molar-refractivity contribution >= 4 is 0 Å². The van der Waals surface area contributed by atoms with Crippen LogP contribution in [0, 0.1) is 0 Å². The van der Waals surface area contributed by atoms with E-state index in [9.17, 15) is 0 Å². The summed E-state index contributed by atoms with van der Waals surface area (Å²) in [5, 5.41) is 3.09. The van der Waals surface area contributed by atoms with Crippen molar-refractivity contribution in [3.05, 3.63) is 35.8 Å². The fraction of sp³-hybridized carbons (Fsp3) is 0.438. The van der Waals surface area contributed by atoms with Gasteiger partial charge in [0.25, 0.3) is 0 Å². The molecule has 2 aromatic rings. The van der Waals surface area contributed by atoms with Crippen LogP contribution >= 0.6 is 0 Å². The first-order valence-corrected chi connectivity index (χ1v) is 6.83. The average Bonchev–Trinajstić information content (AvgIpc) is 2.86. The van der Waals surface area contributed by atoms with Gasteiger partial charge >= 0.3 is 0 Å². The summed E-state index contributed by atoms with van der Waals surface area (Å²) in [6.45, 7) is 7.34. The van der Waals surface area contributed by atoms with Crippen LogP contribution in [0.4, 0.5) is 0 Å². The molecule has 0 amide bonds. The van der Waals surface area contributed by atoms with Gasteiger partial charge in [-0.1, -0.05) is 26.8 Å². The van der Waals surface area contributed by atoms with E-state index in [1.165, 1.54) is 5.56 Å². The van der Waals surface area contributed by atoms with Crippen LogP contribution in [0.1, 0.15) is 32.2 Å². The average molecular weight is 273 g/mol. The zero-order valence-corrected chi connectivity index (χ0v) is 12.9. The van der Waals surface area contributed by atoms with Gasteiger partial charge in [-0.15, -0.1) is 0 Å². The molecule has 0 atom stereocenters. The van der Waals surface area contributed by atoms with Gasteiger partial charge in [-0.2, -0.15) is 0 Å². The zero-order valence-electron chi connectivity index (χ0n) is 12.9. The molecule has 2 N–H and O–H groups in total. The van der Waals surface area contributed by atoms with Crippen molar-refractivity contribution in [2.75, 3.05) is 14.2 Å². The zero-order chi connectivity index (χ0) is 14.8. The van der Waals surface area contributed by atoms with Crippen molar-refractivity contribution in [2.45, 2.75) is 32.7 Å². The summed E-state index contributed by atoms with van der Waals surface area (Å²) in [5.41, 5.74) is 3.42. The smallest absolute Gasteiger partial charge is 0.128 e. The minimum absolute atomic E-state index is 0.106. The van der Waals surface area contributed by atoms with Crippen LogP contribution in [-0.2, 0) is 12.0 Å². The van der Waals surface area contributed by atoms with Crippen LogP contribution in [0.2, 0.25) is 0 Å². The fourth-order valence-electron chi connectivity index (χ4n) is 2.14. The molecule has 20 heavy (non-hydrogen) atoms. The normalized spacial score (nSPS) is 11.7. The molecule has 1 heterocycles. The van der Waals surface area contributed by atoms with Crippen molar-refractivity contribution in [1.29, 1.82) is 0 Å². The predicted molar refractivity (Wildman–Crippen MR) is 82.0 cm³/mol. The number of aromatic amines is 1. The summed E-state index contributed by atoms with van der Waals surface area (Å²) in [6, 6.07) is 6.32. The number of nitrogens with zero attached hydrogens (tertiary/aromatic N) is 1. The molecule has 0 radical (unpaired) electrons. The number of hydrogen-bond acceptors (Lipinski definition) is 3. The topological polar surface area (TPSA) is 49.9 Å². The summed E-state index contributed by atoms with van der Waals surface area (Å²) in [6.07, 6.45) is 1.86. The Bertz CT molecular complexity index is 582. The molecule has 0 saturated heterocycles. The maximum Gasteiger partial charge on any atom is 0.128 e. The molecule has 0 saturated carbocycles. The first-order valence-electron chi connectivity index (χ1n) is 6.83. The first-order chi connectivity index (χ1) is 9.45.